The zero-order chi connectivity index (χ0) is 15.1. The van der Waals surface area contributed by atoms with Gasteiger partial charge in [-0.1, -0.05) is 36.7 Å². The molecule has 108 valence electrons. The van der Waals surface area contributed by atoms with E-state index in [4.69, 9.17) is 16.1 Å². The smallest absolute Gasteiger partial charge is 0.300 e. The van der Waals surface area contributed by atoms with E-state index in [1.54, 1.807) is 18.2 Å². The maximum absolute atomic E-state index is 12.1. The summed E-state index contributed by atoms with van der Waals surface area (Å²) in [6.45, 7) is 3.93. The van der Waals surface area contributed by atoms with Crippen molar-refractivity contribution in [2.24, 2.45) is 0 Å². The van der Waals surface area contributed by atoms with Gasteiger partial charge in [0.15, 0.2) is 5.82 Å². The van der Waals surface area contributed by atoms with Crippen LogP contribution in [0.5, 0.6) is 0 Å². The van der Waals surface area contributed by atoms with Gasteiger partial charge >= 0.3 is 0 Å². The Balaban J connectivity index is 1.95. The number of benzene rings is 1. The van der Waals surface area contributed by atoms with Gasteiger partial charge in [0.1, 0.15) is 6.54 Å². The molecule has 3 rings (SSSR count). The highest BCUT2D eigenvalue weighted by molar-refractivity contribution is 6.55. The summed E-state index contributed by atoms with van der Waals surface area (Å²) in [5.41, 5.74) is 0.703. The predicted molar refractivity (Wildman–Crippen MR) is 75.4 cm³/mol. The van der Waals surface area contributed by atoms with E-state index in [1.165, 1.54) is 4.90 Å². The fraction of sp³-hybridized carbons (Fsp3) is 0.286. The van der Waals surface area contributed by atoms with Crippen molar-refractivity contribution in [3.63, 3.8) is 0 Å². The second-order valence-electron chi connectivity index (χ2n) is 5.06. The van der Waals surface area contributed by atoms with Gasteiger partial charge in [0.05, 0.1) is 16.3 Å². The molecule has 0 aliphatic carbocycles. The second kappa shape index (κ2) is 4.96. The number of nitrogens with zero attached hydrogens (tertiary/aromatic N) is 3. The topological polar surface area (TPSA) is 76.3 Å². The summed E-state index contributed by atoms with van der Waals surface area (Å²) in [5.74, 6) is -0.274. The van der Waals surface area contributed by atoms with E-state index in [2.05, 4.69) is 10.1 Å². The van der Waals surface area contributed by atoms with Crippen molar-refractivity contribution >= 4 is 29.0 Å². The number of halogens is 1. The lowest BCUT2D eigenvalue weighted by Gasteiger charge is -2.13. The fourth-order valence-electron chi connectivity index (χ4n) is 2.16. The van der Waals surface area contributed by atoms with Crippen LogP contribution >= 0.6 is 11.6 Å². The number of anilines is 1. The van der Waals surface area contributed by atoms with Crippen LogP contribution in [0.2, 0.25) is 5.02 Å². The van der Waals surface area contributed by atoms with Crippen LogP contribution in [-0.4, -0.2) is 21.8 Å². The fourth-order valence-corrected chi connectivity index (χ4v) is 2.42. The van der Waals surface area contributed by atoms with Gasteiger partial charge in [0.2, 0.25) is 5.89 Å². The quantitative estimate of drug-likeness (QED) is 0.815. The molecule has 0 saturated carbocycles. The molecule has 0 radical (unpaired) electrons. The van der Waals surface area contributed by atoms with Crippen molar-refractivity contribution in [1.82, 2.24) is 10.1 Å². The number of rotatable bonds is 3. The molecule has 2 heterocycles. The summed E-state index contributed by atoms with van der Waals surface area (Å²) in [4.78, 5) is 29.6. The Hall–Kier alpha value is -2.21. The highest BCUT2D eigenvalue weighted by Gasteiger charge is 2.38. The third-order valence-electron chi connectivity index (χ3n) is 3.24. The highest BCUT2D eigenvalue weighted by atomic mass is 35.5. The largest absolute Gasteiger partial charge is 0.337 e. The summed E-state index contributed by atoms with van der Waals surface area (Å²) in [7, 11) is 0. The summed E-state index contributed by atoms with van der Waals surface area (Å²) in [6, 6.07) is 4.94. The standard InChI is InChI=1S/C14H12ClN3O3/c1-7(2)13-16-10(21-17-13)6-18-9-5-3-4-8(15)11(9)12(19)14(18)20/h3-5,7H,6H2,1-2H3. The van der Waals surface area contributed by atoms with Crippen LogP contribution in [0.3, 0.4) is 0 Å². The minimum atomic E-state index is -0.637. The molecule has 7 heteroatoms. The van der Waals surface area contributed by atoms with E-state index in [-0.39, 0.29) is 28.9 Å². The van der Waals surface area contributed by atoms with E-state index in [1.807, 2.05) is 13.8 Å². The lowest BCUT2D eigenvalue weighted by atomic mass is 10.1. The molecule has 0 atom stereocenters. The number of Topliss-reactive ketones (excluding diaryl/α,β-unsaturated/α-hetero) is 1. The first kappa shape index (κ1) is 13.8. The average molecular weight is 306 g/mol. The van der Waals surface area contributed by atoms with E-state index >= 15 is 0 Å². The van der Waals surface area contributed by atoms with Gasteiger partial charge in [-0.05, 0) is 12.1 Å². The third kappa shape index (κ3) is 2.21. The van der Waals surface area contributed by atoms with Gasteiger partial charge in [-0.2, -0.15) is 4.98 Å². The zero-order valence-corrected chi connectivity index (χ0v) is 12.2. The summed E-state index contributed by atoms with van der Waals surface area (Å²) in [5, 5.41) is 4.11. The molecule has 6 nitrogen and oxygen atoms in total. The number of hydrogen-bond donors (Lipinski definition) is 0. The van der Waals surface area contributed by atoms with Gasteiger partial charge < -0.3 is 4.52 Å². The SMILES string of the molecule is CC(C)c1noc(CN2C(=O)C(=O)c3c(Cl)cccc32)n1. The van der Waals surface area contributed by atoms with Crippen molar-refractivity contribution in [1.29, 1.82) is 0 Å². The van der Waals surface area contributed by atoms with Gasteiger partial charge in [-0.25, -0.2) is 0 Å². The monoisotopic (exact) mass is 305 g/mol. The van der Waals surface area contributed by atoms with Crippen molar-refractivity contribution in [2.45, 2.75) is 26.3 Å². The highest BCUT2D eigenvalue weighted by Crippen LogP contribution is 2.34. The number of carbonyl (C=O) groups excluding carboxylic acids is 2. The van der Waals surface area contributed by atoms with Gasteiger partial charge in [-0.15, -0.1) is 0 Å². The van der Waals surface area contributed by atoms with Gasteiger partial charge in [0, 0.05) is 5.92 Å². The molecule has 1 amide bonds. The zero-order valence-electron chi connectivity index (χ0n) is 11.5. The first-order valence-electron chi connectivity index (χ1n) is 6.46. The molecular formula is C14H12ClN3O3. The lowest BCUT2D eigenvalue weighted by molar-refractivity contribution is -0.114. The number of aromatic nitrogens is 2. The van der Waals surface area contributed by atoms with Crippen molar-refractivity contribution in [3.8, 4) is 0 Å². The van der Waals surface area contributed by atoms with Crippen molar-refractivity contribution < 1.29 is 14.1 Å². The van der Waals surface area contributed by atoms with Crippen molar-refractivity contribution in [3.05, 3.63) is 40.5 Å². The predicted octanol–water partition coefficient (Wildman–Crippen LogP) is 2.58. The molecule has 0 spiro atoms. The Kier molecular flexibility index (Phi) is 3.25. The number of hydrogen-bond acceptors (Lipinski definition) is 5. The maximum Gasteiger partial charge on any atom is 0.300 e. The molecular weight excluding hydrogens is 294 g/mol. The first-order valence-corrected chi connectivity index (χ1v) is 6.84. The van der Waals surface area contributed by atoms with Crippen LogP contribution in [0, 0.1) is 0 Å². The van der Waals surface area contributed by atoms with Crippen LogP contribution < -0.4 is 4.90 Å². The van der Waals surface area contributed by atoms with Crippen LogP contribution in [0.4, 0.5) is 5.69 Å². The molecule has 0 fully saturated rings. The Bertz CT molecular complexity index is 739. The minimum absolute atomic E-state index is 0.0532. The van der Waals surface area contributed by atoms with Gasteiger partial charge in [0.25, 0.3) is 11.7 Å². The second-order valence-corrected chi connectivity index (χ2v) is 5.46. The van der Waals surface area contributed by atoms with E-state index in [0.717, 1.165) is 0 Å². The molecule has 1 aromatic carbocycles. The molecule has 1 aliphatic heterocycles. The third-order valence-corrected chi connectivity index (χ3v) is 3.56. The molecule has 21 heavy (non-hydrogen) atoms. The Morgan fingerprint density at radius 2 is 2.10 bits per heavy atom. The summed E-state index contributed by atoms with van der Waals surface area (Å²) < 4.78 is 5.12. The Morgan fingerprint density at radius 3 is 2.76 bits per heavy atom. The van der Waals surface area contributed by atoms with Crippen LogP contribution in [0.1, 0.15) is 41.8 Å². The van der Waals surface area contributed by atoms with E-state index in [0.29, 0.717) is 11.5 Å². The van der Waals surface area contributed by atoms with Crippen LogP contribution in [-0.2, 0) is 11.3 Å². The summed E-state index contributed by atoms with van der Waals surface area (Å²) in [6.07, 6.45) is 0. The molecule has 2 aromatic rings. The maximum atomic E-state index is 12.1. The number of fused-ring (bicyclic) bond motifs is 1. The van der Waals surface area contributed by atoms with Gasteiger partial charge in [-0.3, -0.25) is 14.5 Å². The minimum Gasteiger partial charge on any atom is -0.337 e. The molecule has 1 aliphatic rings. The van der Waals surface area contributed by atoms with Crippen LogP contribution in [0.15, 0.2) is 22.7 Å². The number of ketones is 1. The number of carbonyl (C=O) groups is 2. The molecule has 1 aromatic heterocycles. The average Bonchev–Trinajstić information content (AvgIpc) is 3.00. The molecule has 0 unspecified atom stereocenters. The molecule has 0 saturated heterocycles. The lowest BCUT2D eigenvalue weighted by Crippen LogP contribution is -2.29. The van der Waals surface area contributed by atoms with E-state index < -0.39 is 11.7 Å². The normalized spacial score (nSPS) is 14.2. The molecule has 0 N–H and O–H groups in total. The Labute approximate surface area is 125 Å². The Morgan fingerprint density at radius 1 is 1.33 bits per heavy atom. The van der Waals surface area contributed by atoms with Crippen molar-refractivity contribution in [2.75, 3.05) is 4.90 Å². The first-order chi connectivity index (χ1) is 9.99. The van der Waals surface area contributed by atoms with E-state index in [9.17, 15) is 9.59 Å². The molecule has 0 bridgehead atoms. The van der Waals surface area contributed by atoms with Crippen LogP contribution in [0.25, 0.3) is 0 Å². The summed E-state index contributed by atoms with van der Waals surface area (Å²) >= 11 is 5.99. The number of amides is 1.